The third-order valence-electron chi connectivity index (χ3n) is 4.07. The van der Waals surface area contributed by atoms with E-state index >= 15 is 0 Å². The molecule has 5 nitrogen and oxygen atoms in total. The zero-order valence-electron chi connectivity index (χ0n) is 11.8. The first-order valence-corrected chi connectivity index (χ1v) is 7.37. The minimum Gasteiger partial charge on any atom is -0.330 e. The van der Waals surface area contributed by atoms with Crippen LogP contribution in [0.1, 0.15) is 37.2 Å². The maximum atomic E-state index is 10.8. The number of hydrogen-bond acceptors (Lipinski definition) is 4. The number of nitro groups is 1. The second-order valence-electron chi connectivity index (χ2n) is 5.46. The quantitative estimate of drug-likeness (QED) is 0.492. The summed E-state index contributed by atoms with van der Waals surface area (Å²) in [5.74, 6) is 0.459. The Labute approximate surface area is 119 Å². The van der Waals surface area contributed by atoms with Crippen molar-refractivity contribution in [2.45, 2.75) is 31.6 Å². The van der Waals surface area contributed by atoms with Gasteiger partial charge in [-0.05, 0) is 63.3 Å². The molecule has 1 fully saturated rings. The largest absolute Gasteiger partial charge is 0.330 e. The first-order chi connectivity index (χ1) is 9.70. The minimum absolute atomic E-state index is 0.202. The van der Waals surface area contributed by atoms with E-state index in [1.165, 1.54) is 0 Å². The normalized spacial score (nSPS) is 17.2. The molecule has 0 aliphatic carbocycles. The molecule has 1 saturated heterocycles. The molecule has 0 saturated carbocycles. The lowest BCUT2D eigenvalue weighted by Crippen LogP contribution is -2.33. The highest BCUT2D eigenvalue weighted by atomic mass is 16.6. The molecule has 1 aromatic carbocycles. The highest BCUT2D eigenvalue weighted by molar-refractivity contribution is 5.36. The fourth-order valence-electron chi connectivity index (χ4n) is 2.86. The molecule has 5 heteroatoms. The topological polar surface area (TPSA) is 72.4 Å². The van der Waals surface area contributed by atoms with E-state index in [2.05, 4.69) is 4.90 Å². The van der Waals surface area contributed by atoms with E-state index < -0.39 is 0 Å². The van der Waals surface area contributed by atoms with Crippen LogP contribution in [-0.2, 0) is 0 Å². The van der Waals surface area contributed by atoms with Gasteiger partial charge in [0.1, 0.15) is 0 Å². The van der Waals surface area contributed by atoms with Crippen molar-refractivity contribution in [3.8, 4) is 0 Å². The van der Waals surface area contributed by atoms with Gasteiger partial charge in [0.2, 0.25) is 0 Å². The SMILES string of the molecule is NCCCCN1CCC(c2cccc([N+](=O)[O-])c2)CC1. The molecule has 1 aliphatic rings. The molecular formula is C15H23N3O2. The molecule has 0 unspecified atom stereocenters. The van der Waals surface area contributed by atoms with Gasteiger partial charge in [-0.1, -0.05) is 12.1 Å². The first kappa shape index (κ1) is 14.9. The molecule has 110 valence electrons. The summed E-state index contributed by atoms with van der Waals surface area (Å²) in [4.78, 5) is 13.0. The average molecular weight is 277 g/mol. The Balaban J connectivity index is 1.87. The van der Waals surface area contributed by atoms with Crippen LogP contribution < -0.4 is 5.73 Å². The molecule has 0 atom stereocenters. The Bertz CT molecular complexity index is 442. The van der Waals surface area contributed by atoms with Crippen molar-refractivity contribution in [1.82, 2.24) is 4.90 Å². The van der Waals surface area contributed by atoms with Crippen LogP contribution >= 0.6 is 0 Å². The van der Waals surface area contributed by atoms with E-state index in [4.69, 9.17) is 5.73 Å². The summed E-state index contributed by atoms with van der Waals surface area (Å²) in [6, 6.07) is 7.10. The Morgan fingerprint density at radius 3 is 2.70 bits per heavy atom. The monoisotopic (exact) mass is 277 g/mol. The number of nitrogens with zero attached hydrogens (tertiary/aromatic N) is 2. The highest BCUT2D eigenvalue weighted by Gasteiger charge is 2.21. The standard InChI is InChI=1S/C15H23N3O2/c16-8-1-2-9-17-10-6-13(7-11-17)14-4-3-5-15(12-14)18(19)20/h3-5,12-13H,1-2,6-11,16H2. The highest BCUT2D eigenvalue weighted by Crippen LogP contribution is 2.30. The van der Waals surface area contributed by atoms with Crippen molar-refractivity contribution in [1.29, 1.82) is 0 Å². The fourth-order valence-corrected chi connectivity index (χ4v) is 2.86. The van der Waals surface area contributed by atoms with Gasteiger partial charge in [0.25, 0.3) is 5.69 Å². The van der Waals surface area contributed by atoms with Crippen molar-refractivity contribution in [2.24, 2.45) is 5.73 Å². The van der Waals surface area contributed by atoms with Gasteiger partial charge in [0, 0.05) is 12.1 Å². The predicted molar refractivity (Wildman–Crippen MR) is 79.8 cm³/mol. The molecule has 1 heterocycles. The van der Waals surface area contributed by atoms with Gasteiger partial charge in [0.05, 0.1) is 4.92 Å². The van der Waals surface area contributed by atoms with Crippen LogP contribution in [0.3, 0.4) is 0 Å². The molecule has 0 aromatic heterocycles. The lowest BCUT2D eigenvalue weighted by atomic mass is 9.89. The average Bonchev–Trinajstić information content (AvgIpc) is 2.48. The Kier molecular flexibility index (Phi) is 5.49. The Morgan fingerprint density at radius 2 is 2.05 bits per heavy atom. The van der Waals surface area contributed by atoms with Gasteiger partial charge in [0.15, 0.2) is 0 Å². The molecule has 0 bridgehead atoms. The van der Waals surface area contributed by atoms with E-state index in [0.717, 1.165) is 57.4 Å². The van der Waals surface area contributed by atoms with Crippen LogP contribution in [0.4, 0.5) is 5.69 Å². The molecule has 0 amide bonds. The van der Waals surface area contributed by atoms with Crippen LogP contribution in [-0.4, -0.2) is 36.0 Å². The number of hydrogen-bond donors (Lipinski definition) is 1. The van der Waals surface area contributed by atoms with Crippen LogP contribution in [0.15, 0.2) is 24.3 Å². The second-order valence-corrected chi connectivity index (χ2v) is 5.46. The lowest BCUT2D eigenvalue weighted by molar-refractivity contribution is -0.384. The van der Waals surface area contributed by atoms with Crippen LogP contribution in [0, 0.1) is 10.1 Å². The van der Waals surface area contributed by atoms with Crippen LogP contribution in [0.25, 0.3) is 0 Å². The third kappa shape index (κ3) is 4.02. The van der Waals surface area contributed by atoms with Gasteiger partial charge in [-0.25, -0.2) is 0 Å². The summed E-state index contributed by atoms with van der Waals surface area (Å²) in [6.45, 7) is 4.05. The minimum atomic E-state index is -0.314. The van der Waals surface area contributed by atoms with Crippen LogP contribution in [0.5, 0.6) is 0 Å². The van der Waals surface area contributed by atoms with Gasteiger partial charge in [-0.15, -0.1) is 0 Å². The first-order valence-electron chi connectivity index (χ1n) is 7.37. The summed E-state index contributed by atoms with van der Waals surface area (Å²) in [7, 11) is 0. The molecule has 0 spiro atoms. The number of non-ortho nitro benzene ring substituents is 1. The van der Waals surface area contributed by atoms with E-state index in [-0.39, 0.29) is 10.6 Å². The van der Waals surface area contributed by atoms with E-state index in [1.807, 2.05) is 6.07 Å². The van der Waals surface area contributed by atoms with E-state index in [9.17, 15) is 10.1 Å². The fraction of sp³-hybridized carbons (Fsp3) is 0.600. The van der Waals surface area contributed by atoms with E-state index in [0.29, 0.717) is 5.92 Å². The summed E-state index contributed by atoms with van der Waals surface area (Å²) >= 11 is 0. The van der Waals surface area contributed by atoms with Gasteiger partial charge in [-0.3, -0.25) is 10.1 Å². The number of piperidine rings is 1. The predicted octanol–water partition coefficient (Wildman–Crippen LogP) is 2.51. The van der Waals surface area contributed by atoms with Gasteiger partial charge < -0.3 is 10.6 Å². The van der Waals surface area contributed by atoms with Crippen molar-refractivity contribution in [3.05, 3.63) is 39.9 Å². The third-order valence-corrected chi connectivity index (χ3v) is 4.07. The maximum absolute atomic E-state index is 10.8. The van der Waals surface area contributed by atoms with Crippen molar-refractivity contribution in [2.75, 3.05) is 26.2 Å². The molecular weight excluding hydrogens is 254 g/mol. The second kappa shape index (κ2) is 7.36. The molecule has 2 N–H and O–H groups in total. The molecule has 0 radical (unpaired) electrons. The van der Waals surface area contributed by atoms with Crippen molar-refractivity contribution in [3.63, 3.8) is 0 Å². The molecule has 1 aliphatic heterocycles. The smallest absolute Gasteiger partial charge is 0.269 e. The molecule has 20 heavy (non-hydrogen) atoms. The maximum Gasteiger partial charge on any atom is 0.269 e. The Morgan fingerprint density at radius 1 is 1.30 bits per heavy atom. The van der Waals surface area contributed by atoms with Crippen molar-refractivity contribution < 1.29 is 4.92 Å². The molecule has 1 aromatic rings. The Hall–Kier alpha value is -1.46. The lowest BCUT2D eigenvalue weighted by Gasteiger charge is -2.32. The van der Waals surface area contributed by atoms with Crippen molar-refractivity contribution >= 4 is 5.69 Å². The van der Waals surface area contributed by atoms with Gasteiger partial charge >= 0.3 is 0 Å². The number of nitro benzene ring substituents is 1. The van der Waals surface area contributed by atoms with Gasteiger partial charge in [-0.2, -0.15) is 0 Å². The number of benzene rings is 1. The number of nitrogens with two attached hydrogens (primary N) is 1. The zero-order chi connectivity index (χ0) is 14.4. The number of likely N-dealkylation sites (tertiary alicyclic amines) is 1. The summed E-state index contributed by atoms with van der Waals surface area (Å²) in [6.07, 6.45) is 4.43. The van der Waals surface area contributed by atoms with E-state index in [1.54, 1.807) is 18.2 Å². The summed E-state index contributed by atoms with van der Waals surface area (Å²) in [5.41, 5.74) is 6.82. The summed E-state index contributed by atoms with van der Waals surface area (Å²) in [5, 5.41) is 10.8. The van der Waals surface area contributed by atoms with Crippen LogP contribution in [0.2, 0.25) is 0 Å². The number of rotatable bonds is 6. The summed E-state index contributed by atoms with van der Waals surface area (Å²) < 4.78 is 0. The molecule has 2 rings (SSSR count). The zero-order valence-corrected chi connectivity index (χ0v) is 11.8. The number of unbranched alkanes of at least 4 members (excludes halogenated alkanes) is 1.